The summed E-state index contributed by atoms with van der Waals surface area (Å²) in [7, 11) is 0. The average molecular weight is 434 g/mol. The zero-order valence-corrected chi connectivity index (χ0v) is 18.2. The molecule has 3 rings (SSSR count). The number of benzene rings is 3. The van der Waals surface area contributed by atoms with Crippen molar-refractivity contribution in [2.45, 2.75) is 20.3 Å². The molecule has 0 unspecified atom stereocenters. The molecular weight excluding hydrogens is 406 g/mol. The fourth-order valence-electron chi connectivity index (χ4n) is 3.27. The predicted molar refractivity (Wildman–Crippen MR) is 125 cm³/mol. The van der Waals surface area contributed by atoms with Gasteiger partial charge in [-0.2, -0.15) is 0 Å². The van der Waals surface area contributed by atoms with Gasteiger partial charge in [-0.15, -0.1) is 0 Å². The van der Waals surface area contributed by atoms with Crippen molar-refractivity contribution in [1.29, 1.82) is 0 Å². The number of anilines is 1. The molecule has 166 valence electrons. The largest absolute Gasteiger partial charge is 0.493 e. The molecule has 0 saturated carbocycles. The van der Waals surface area contributed by atoms with E-state index in [2.05, 4.69) is 16.0 Å². The summed E-state index contributed by atoms with van der Waals surface area (Å²) in [5.41, 5.74) is 1.50. The number of ether oxygens (including phenoxy) is 1. The number of amides is 3. The zero-order valence-electron chi connectivity index (χ0n) is 18.2. The van der Waals surface area contributed by atoms with Crippen molar-refractivity contribution in [3.8, 4) is 5.75 Å². The van der Waals surface area contributed by atoms with E-state index in [1.807, 2.05) is 37.3 Å². The Balaban J connectivity index is 1.68. The number of carbonyl (C=O) groups is 3. The van der Waals surface area contributed by atoms with Gasteiger partial charge in [0.1, 0.15) is 5.75 Å². The van der Waals surface area contributed by atoms with E-state index < -0.39 is 0 Å². The SMILES string of the molecule is CCOc1ccc2ccccc2c1C(=O)Nc1ccc(C(=O)NCCNC(=O)CC)cc1. The third-order valence-electron chi connectivity index (χ3n) is 4.88. The van der Waals surface area contributed by atoms with Gasteiger partial charge in [0.2, 0.25) is 5.91 Å². The minimum atomic E-state index is -0.283. The molecule has 0 aliphatic heterocycles. The quantitative estimate of drug-likeness (QED) is 0.448. The third-order valence-corrected chi connectivity index (χ3v) is 4.88. The molecule has 0 aromatic heterocycles. The van der Waals surface area contributed by atoms with E-state index in [1.165, 1.54) is 0 Å². The van der Waals surface area contributed by atoms with Gasteiger partial charge in [-0.25, -0.2) is 0 Å². The van der Waals surface area contributed by atoms with Crippen molar-refractivity contribution < 1.29 is 19.1 Å². The van der Waals surface area contributed by atoms with Gasteiger partial charge in [-0.1, -0.05) is 37.3 Å². The number of carbonyl (C=O) groups excluding carboxylic acids is 3. The first-order valence-corrected chi connectivity index (χ1v) is 10.6. The van der Waals surface area contributed by atoms with Crippen LogP contribution in [0.1, 0.15) is 41.0 Å². The van der Waals surface area contributed by atoms with Crippen LogP contribution in [-0.4, -0.2) is 37.4 Å². The van der Waals surface area contributed by atoms with Crippen LogP contribution in [0.25, 0.3) is 10.8 Å². The summed E-state index contributed by atoms with van der Waals surface area (Å²) in [5.74, 6) is -0.0664. The van der Waals surface area contributed by atoms with Gasteiger partial charge in [-0.05, 0) is 48.0 Å². The van der Waals surface area contributed by atoms with Crippen molar-refractivity contribution in [2.75, 3.05) is 25.0 Å². The summed E-state index contributed by atoms with van der Waals surface area (Å²) in [6.07, 6.45) is 0.409. The fourth-order valence-corrected chi connectivity index (χ4v) is 3.27. The Bertz CT molecular complexity index is 1110. The lowest BCUT2D eigenvalue weighted by Gasteiger charge is -2.14. The molecule has 0 radical (unpaired) electrons. The Labute approximate surface area is 187 Å². The maximum Gasteiger partial charge on any atom is 0.260 e. The summed E-state index contributed by atoms with van der Waals surface area (Å²) < 4.78 is 5.68. The first-order valence-electron chi connectivity index (χ1n) is 10.6. The third kappa shape index (κ3) is 5.63. The Morgan fingerprint density at radius 1 is 0.812 bits per heavy atom. The number of rotatable bonds is 9. The summed E-state index contributed by atoms with van der Waals surface area (Å²) in [6.45, 7) is 4.80. The summed E-state index contributed by atoms with van der Waals surface area (Å²) >= 11 is 0. The van der Waals surface area contributed by atoms with E-state index in [1.54, 1.807) is 37.3 Å². The van der Waals surface area contributed by atoms with Crippen LogP contribution < -0.4 is 20.7 Å². The van der Waals surface area contributed by atoms with E-state index >= 15 is 0 Å². The van der Waals surface area contributed by atoms with Crippen molar-refractivity contribution >= 4 is 34.2 Å². The number of hydrogen-bond donors (Lipinski definition) is 3. The molecule has 0 heterocycles. The second-order valence-electron chi connectivity index (χ2n) is 7.08. The number of hydrogen-bond acceptors (Lipinski definition) is 4. The van der Waals surface area contributed by atoms with E-state index in [4.69, 9.17) is 4.74 Å². The van der Waals surface area contributed by atoms with Crippen LogP contribution >= 0.6 is 0 Å². The van der Waals surface area contributed by atoms with Crippen molar-refractivity contribution in [3.63, 3.8) is 0 Å². The molecule has 0 bridgehead atoms. The van der Waals surface area contributed by atoms with Gasteiger partial charge in [0.15, 0.2) is 0 Å². The molecule has 0 saturated heterocycles. The molecule has 0 atom stereocenters. The van der Waals surface area contributed by atoms with Crippen molar-refractivity contribution in [1.82, 2.24) is 10.6 Å². The van der Waals surface area contributed by atoms with Crippen LogP contribution in [0, 0.1) is 0 Å². The molecule has 0 spiro atoms. The molecule has 32 heavy (non-hydrogen) atoms. The van der Waals surface area contributed by atoms with Gasteiger partial charge in [0, 0.05) is 30.8 Å². The summed E-state index contributed by atoms with van der Waals surface area (Å²) in [4.78, 5) is 36.6. The van der Waals surface area contributed by atoms with Crippen LogP contribution in [0.4, 0.5) is 5.69 Å². The maximum absolute atomic E-state index is 13.1. The Morgan fingerprint density at radius 3 is 2.25 bits per heavy atom. The molecule has 0 aliphatic carbocycles. The monoisotopic (exact) mass is 433 g/mol. The normalized spacial score (nSPS) is 10.4. The van der Waals surface area contributed by atoms with Gasteiger partial charge >= 0.3 is 0 Å². The maximum atomic E-state index is 13.1. The highest BCUT2D eigenvalue weighted by Crippen LogP contribution is 2.29. The van der Waals surface area contributed by atoms with E-state index in [-0.39, 0.29) is 17.7 Å². The Kier molecular flexibility index (Phi) is 7.80. The molecule has 3 aromatic rings. The summed E-state index contributed by atoms with van der Waals surface area (Å²) in [6, 6.07) is 18.0. The molecular formula is C25H27N3O4. The van der Waals surface area contributed by atoms with Crippen LogP contribution in [0.15, 0.2) is 60.7 Å². The molecule has 7 nitrogen and oxygen atoms in total. The Morgan fingerprint density at radius 2 is 1.53 bits per heavy atom. The molecule has 3 aromatic carbocycles. The molecule has 7 heteroatoms. The van der Waals surface area contributed by atoms with Crippen LogP contribution in [0.2, 0.25) is 0 Å². The van der Waals surface area contributed by atoms with Crippen molar-refractivity contribution in [3.05, 3.63) is 71.8 Å². The topological polar surface area (TPSA) is 96.5 Å². The highest BCUT2D eigenvalue weighted by molar-refractivity contribution is 6.15. The lowest BCUT2D eigenvalue weighted by atomic mass is 10.0. The van der Waals surface area contributed by atoms with Gasteiger partial charge in [-0.3, -0.25) is 14.4 Å². The van der Waals surface area contributed by atoms with E-state index in [9.17, 15) is 14.4 Å². The average Bonchev–Trinajstić information content (AvgIpc) is 2.81. The molecule has 3 N–H and O–H groups in total. The molecule has 3 amide bonds. The first kappa shape index (κ1) is 22.8. The lowest BCUT2D eigenvalue weighted by Crippen LogP contribution is -2.34. The van der Waals surface area contributed by atoms with Crippen LogP contribution in [0.5, 0.6) is 5.75 Å². The van der Waals surface area contributed by atoms with Gasteiger partial charge in [0.25, 0.3) is 11.8 Å². The predicted octanol–water partition coefficient (Wildman–Crippen LogP) is 3.75. The number of fused-ring (bicyclic) bond motifs is 1. The van der Waals surface area contributed by atoms with Crippen molar-refractivity contribution in [2.24, 2.45) is 0 Å². The molecule has 0 aliphatic rings. The van der Waals surface area contributed by atoms with Crippen LogP contribution in [0.3, 0.4) is 0 Å². The van der Waals surface area contributed by atoms with E-state index in [0.29, 0.717) is 48.7 Å². The fraction of sp³-hybridized carbons (Fsp3) is 0.240. The standard InChI is InChI=1S/C25H27N3O4/c1-3-22(29)26-15-16-27-24(30)18-9-12-19(13-10-18)28-25(31)23-20-8-6-5-7-17(20)11-14-21(23)32-4-2/h5-14H,3-4,15-16H2,1-2H3,(H,26,29)(H,27,30)(H,28,31). The Hall–Kier alpha value is -3.87. The highest BCUT2D eigenvalue weighted by atomic mass is 16.5. The smallest absolute Gasteiger partial charge is 0.260 e. The van der Waals surface area contributed by atoms with Crippen LogP contribution in [-0.2, 0) is 4.79 Å². The van der Waals surface area contributed by atoms with Gasteiger partial charge in [0.05, 0.1) is 12.2 Å². The van der Waals surface area contributed by atoms with E-state index in [0.717, 1.165) is 10.8 Å². The lowest BCUT2D eigenvalue weighted by molar-refractivity contribution is -0.120. The minimum Gasteiger partial charge on any atom is -0.493 e. The zero-order chi connectivity index (χ0) is 22.9. The van der Waals surface area contributed by atoms with Gasteiger partial charge < -0.3 is 20.7 Å². The molecule has 0 fully saturated rings. The second-order valence-corrected chi connectivity index (χ2v) is 7.08. The number of nitrogens with one attached hydrogen (secondary N) is 3. The minimum absolute atomic E-state index is 0.0574. The second kappa shape index (κ2) is 10.9. The highest BCUT2D eigenvalue weighted by Gasteiger charge is 2.17. The first-order chi connectivity index (χ1) is 15.5. The summed E-state index contributed by atoms with van der Waals surface area (Å²) in [5, 5.41) is 10.1.